The monoisotopic (exact) mass is 552 g/mol. The van der Waals surface area contributed by atoms with Gasteiger partial charge in [-0.25, -0.2) is 18.4 Å². The second kappa shape index (κ2) is 9.77. The predicted octanol–water partition coefficient (Wildman–Crippen LogP) is 4.35. The summed E-state index contributed by atoms with van der Waals surface area (Å²) in [7, 11) is 0. The summed E-state index contributed by atoms with van der Waals surface area (Å²) in [6.45, 7) is 7.58. The molecule has 2 heterocycles. The number of ether oxygens (including phenoxy) is 2. The molecule has 0 spiro atoms. The predicted molar refractivity (Wildman–Crippen MR) is 140 cm³/mol. The molecule has 3 amide bonds. The van der Waals surface area contributed by atoms with Crippen molar-refractivity contribution in [3.63, 3.8) is 0 Å². The first-order valence-electron chi connectivity index (χ1n) is 13.1. The van der Waals surface area contributed by atoms with Crippen molar-refractivity contribution in [2.75, 3.05) is 31.1 Å². The Labute approximate surface area is 230 Å². The van der Waals surface area contributed by atoms with Crippen LogP contribution >= 0.6 is 0 Å². The van der Waals surface area contributed by atoms with Gasteiger partial charge in [-0.2, -0.15) is 5.26 Å². The minimum Gasteiger partial charge on any atom is -0.444 e. The molecule has 1 saturated carbocycles. The smallest absolute Gasteiger partial charge is 0.414 e. The fourth-order valence-electron chi connectivity index (χ4n) is 5.75. The van der Waals surface area contributed by atoms with Gasteiger partial charge < -0.3 is 19.7 Å². The number of halogens is 2. The van der Waals surface area contributed by atoms with E-state index in [4.69, 9.17) is 9.47 Å². The van der Waals surface area contributed by atoms with Crippen LogP contribution in [-0.4, -0.2) is 60.9 Å². The minimum absolute atomic E-state index is 0.134. The van der Waals surface area contributed by atoms with Crippen LogP contribution in [0, 0.1) is 34.8 Å². The molecule has 3 fully saturated rings. The van der Waals surface area contributed by atoms with E-state index in [2.05, 4.69) is 11.4 Å². The number of likely N-dealkylation sites (tertiary alicyclic amines) is 1. The van der Waals surface area contributed by atoms with Gasteiger partial charge in [0.15, 0.2) is 0 Å². The van der Waals surface area contributed by atoms with Crippen molar-refractivity contribution in [1.29, 1.82) is 5.26 Å². The van der Waals surface area contributed by atoms with Crippen LogP contribution in [0.4, 0.5) is 24.1 Å². The van der Waals surface area contributed by atoms with Gasteiger partial charge >= 0.3 is 12.2 Å². The third-order valence-corrected chi connectivity index (χ3v) is 7.66. The molecule has 1 aliphatic carbocycles. The van der Waals surface area contributed by atoms with Crippen LogP contribution in [-0.2, 0) is 19.7 Å². The minimum atomic E-state index is -1.05. The van der Waals surface area contributed by atoms with E-state index in [1.165, 1.54) is 36.1 Å². The highest BCUT2D eigenvalue weighted by Crippen LogP contribution is 2.63. The van der Waals surface area contributed by atoms with Crippen molar-refractivity contribution in [3.05, 3.63) is 53.6 Å². The zero-order chi connectivity index (χ0) is 29.0. The topological polar surface area (TPSA) is 112 Å². The van der Waals surface area contributed by atoms with E-state index in [-0.39, 0.29) is 53.2 Å². The number of benzene rings is 2. The van der Waals surface area contributed by atoms with E-state index < -0.39 is 40.9 Å². The second-order valence-corrected chi connectivity index (χ2v) is 11.5. The molecular weight excluding hydrogens is 522 g/mol. The fourth-order valence-corrected chi connectivity index (χ4v) is 5.75. The number of piperidine rings is 1. The summed E-state index contributed by atoms with van der Waals surface area (Å²) in [4.78, 5) is 38.6. The molecule has 210 valence electrons. The van der Waals surface area contributed by atoms with Crippen LogP contribution in [0.15, 0.2) is 36.4 Å². The van der Waals surface area contributed by atoms with E-state index in [1.54, 1.807) is 37.8 Å². The molecule has 2 aromatic carbocycles. The van der Waals surface area contributed by atoms with Crippen molar-refractivity contribution in [2.24, 2.45) is 11.8 Å². The molecule has 2 unspecified atom stereocenters. The first kappa shape index (κ1) is 27.4. The van der Waals surface area contributed by atoms with Crippen LogP contribution < -0.4 is 10.2 Å². The van der Waals surface area contributed by atoms with Gasteiger partial charge in [0.1, 0.15) is 23.3 Å². The first-order chi connectivity index (χ1) is 18.8. The molecule has 3 atom stereocenters. The SMILES string of the molecule is CC(=O)NC[C@H]1CN(c2ccc(-c3ccc(C4(C#N)C5CN(C(=O)OC(C)(C)C)CC54)c(F)c3)c(F)c2)C(=O)O1. The molecular formula is C29H30F2N4O5. The Bertz CT molecular complexity index is 1420. The molecule has 40 heavy (non-hydrogen) atoms. The molecule has 0 aromatic heterocycles. The number of hydrogen-bond donors (Lipinski definition) is 1. The standard InChI is InChI=1S/C29H30F2N4O5/c1-16(36)33-11-19-12-35(27(38)39-19)18-6-7-20(24(30)10-18)17-5-8-21(25(31)9-17)29(15-32)22-13-34(14-23(22)29)26(37)40-28(2,3)4/h5-10,19,22-23H,11-14H2,1-4H3,(H,33,36)/t19-,22?,23?,29?/m0/s1. The van der Waals surface area contributed by atoms with E-state index in [0.29, 0.717) is 13.1 Å². The third kappa shape index (κ3) is 4.83. The number of carbonyl (C=O) groups excluding carboxylic acids is 3. The Hall–Kier alpha value is -4.20. The molecule has 11 heteroatoms. The zero-order valence-electron chi connectivity index (χ0n) is 22.7. The first-order valence-corrected chi connectivity index (χ1v) is 13.1. The van der Waals surface area contributed by atoms with E-state index in [1.807, 2.05) is 0 Å². The van der Waals surface area contributed by atoms with Crippen molar-refractivity contribution in [1.82, 2.24) is 10.2 Å². The Balaban J connectivity index is 1.30. The molecule has 2 saturated heterocycles. The number of nitriles is 1. The van der Waals surface area contributed by atoms with Gasteiger partial charge in [-0.15, -0.1) is 0 Å². The number of anilines is 1. The Morgan fingerprint density at radius 2 is 1.82 bits per heavy atom. The fraction of sp³-hybridized carbons (Fsp3) is 0.448. The quantitative estimate of drug-likeness (QED) is 0.590. The molecule has 3 aliphatic rings. The molecule has 1 N–H and O–H groups in total. The van der Waals surface area contributed by atoms with Gasteiger partial charge in [0.05, 0.1) is 30.3 Å². The number of hydrogen-bond acceptors (Lipinski definition) is 6. The van der Waals surface area contributed by atoms with Crippen molar-refractivity contribution >= 4 is 23.8 Å². The zero-order valence-corrected chi connectivity index (χ0v) is 22.7. The summed E-state index contributed by atoms with van der Waals surface area (Å²) in [5.41, 5.74) is -0.758. The van der Waals surface area contributed by atoms with Crippen LogP contribution in [0.25, 0.3) is 11.1 Å². The van der Waals surface area contributed by atoms with Crippen LogP contribution in [0.5, 0.6) is 0 Å². The van der Waals surface area contributed by atoms with E-state index in [9.17, 15) is 19.6 Å². The highest BCUT2D eigenvalue weighted by atomic mass is 19.1. The highest BCUT2D eigenvalue weighted by Gasteiger charge is 2.71. The summed E-state index contributed by atoms with van der Waals surface area (Å²) in [5.74, 6) is -1.96. The molecule has 0 bridgehead atoms. The Morgan fingerprint density at radius 1 is 1.12 bits per heavy atom. The molecule has 2 aromatic rings. The number of carbonyl (C=O) groups is 3. The molecule has 9 nitrogen and oxygen atoms in total. The maximum atomic E-state index is 15.4. The van der Waals surface area contributed by atoms with Crippen molar-refractivity contribution < 1.29 is 32.6 Å². The van der Waals surface area contributed by atoms with Gasteiger partial charge in [-0.3, -0.25) is 9.69 Å². The number of nitrogens with zero attached hydrogens (tertiary/aromatic N) is 3. The second-order valence-electron chi connectivity index (χ2n) is 11.5. The van der Waals surface area contributed by atoms with Gasteiger partial charge in [-0.1, -0.05) is 12.1 Å². The van der Waals surface area contributed by atoms with Gasteiger partial charge in [0.25, 0.3) is 0 Å². The maximum absolute atomic E-state index is 15.4. The molecule has 0 radical (unpaired) electrons. The van der Waals surface area contributed by atoms with Crippen LogP contribution in [0.3, 0.4) is 0 Å². The number of cyclic esters (lactones) is 1. The summed E-state index contributed by atoms with van der Waals surface area (Å²) in [6.07, 6.45) is -1.67. The third-order valence-electron chi connectivity index (χ3n) is 7.66. The van der Waals surface area contributed by atoms with Gasteiger partial charge in [0.2, 0.25) is 5.91 Å². The van der Waals surface area contributed by atoms with Gasteiger partial charge in [-0.05, 0) is 50.6 Å². The largest absolute Gasteiger partial charge is 0.444 e. The lowest BCUT2D eigenvalue weighted by atomic mass is 9.89. The van der Waals surface area contributed by atoms with E-state index >= 15 is 8.78 Å². The maximum Gasteiger partial charge on any atom is 0.414 e. The van der Waals surface area contributed by atoms with Crippen LogP contribution in [0.2, 0.25) is 0 Å². The van der Waals surface area contributed by atoms with Gasteiger partial charge in [0, 0.05) is 43.0 Å². The lowest BCUT2D eigenvalue weighted by Gasteiger charge is -2.27. The normalized spacial score (nSPS) is 25.2. The number of amides is 3. The molecule has 2 aliphatic heterocycles. The lowest BCUT2D eigenvalue weighted by Crippen LogP contribution is -2.39. The highest BCUT2D eigenvalue weighted by molar-refractivity contribution is 5.90. The van der Waals surface area contributed by atoms with E-state index in [0.717, 1.165) is 0 Å². The van der Waals surface area contributed by atoms with Crippen LogP contribution in [0.1, 0.15) is 33.3 Å². The summed E-state index contributed by atoms with van der Waals surface area (Å²) in [5, 5.41) is 12.6. The number of fused-ring (bicyclic) bond motifs is 1. The average molecular weight is 553 g/mol. The van der Waals surface area contributed by atoms with Crippen molar-refractivity contribution in [2.45, 2.75) is 44.8 Å². The Kier molecular flexibility index (Phi) is 6.68. The number of nitrogens with one attached hydrogen (secondary N) is 1. The summed E-state index contributed by atoms with van der Waals surface area (Å²) in [6, 6.07) is 10.8. The summed E-state index contributed by atoms with van der Waals surface area (Å²) < 4.78 is 41.3. The molecule has 5 rings (SSSR count). The Morgan fingerprint density at radius 3 is 2.40 bits per heavy atom. The lowest BCUT2D eigenvalue weighted by molar-refractivity contribution is -0.119. The van der Waals surface area contributed by atoms with Crippen molar-refractivity contribution in [3.8, 4) is 17.2 Å². The summed E-state index contributed by atoms with van der Waals surface area (Å²) >= 11 is 0. The number of rotatable bonds is 5. The average Bonchev–Trinajstić information content (AvgIpc) is 3.16.